The van der Waals surface area contributed by atoms with Crippen molar-refractivity contribution in [2.45, 2.75) is 64.5 Å². The molecule has 2 fully saturated rings. The van der Waals surface area contributed by atoms with Gasteiger partial charge in [0.25, 0.3) is 5.91 Å². The first kappa shape index (κ1) is 24.5. The van der Waals surface area contributed by atoms with Crippen LogP contribution in [0, 0.1) is 5.92 Å². The number of alkyl carbamates (subject to hydrolysis) is 1. The highest BCUT2D eigenvalue weighted by Crippen LogP contribution is 2.44. The van der Waals surface area contributed by atoms with Gasteiger partial charge < -0.3 is 20.3 Å². The first-order chi connectivity index (χ1) is 17.2. The average molecular weight is 508 g/mol. The van der Waals surface area contributed by atoms with Crippen LogP contribution in [-0.4, -0.2) is 46.7 Å². The van der Waals surface area contributed by atoms with Crippen molar-refractivity contribution in [1.82, 2.24) is 15.3 Å². The van der Waals surface area contributed by atoms with Crippen molar-refractivity contribution in [3.63, 3.8) is 0 Å². The molecule has 9 heteroatoms. The number of nitrogens with zero attached hydrogens (tertiary/aromatic N) is 3. The Hall–Kier alpha value is -3.20. The third-order valence-corrected chi connectivity index (χ3v) is 7.42. The van der Waals surface area contributed by atoms with Crippen molar-refractivity contribution in [3.8, 4) is 0 Å². The van der Waals surface area contributed by atoms with Crippen molar-refractivity contribution in [2.75, 3.05) is 23.3 Å². The number of fused-ring (bicyclic) bond motifs is 1. The van der Waals surface area contributed by atoms with Gasteiger partial charge in [-0.15, -0.1) is 11.3 Å². The van der Waals surface area contributed by atoms with E-state index in [2.05, 4.69) is 32.8 Å². The van der Waals surface area contributed by atoms with Crippen LogP contribution in [0.5, 0.6) is 0 Å². The van der Waals surface area contributed by atoms with E-state index in [1.54, 1.807) is 29.8 Å². The molecule has 3 aromatic heterocycles. The lowest BCUT2D eigenvalue weighted by molar-refractivity contribution is 0.0495. The van der Waals surface area contributed by atoms with E-state index in [0.717, 1.165) is 28.9 Å². The molecule has 0 spiro atoms. The predicted molar refractivity (Wildman–Crippen MR) is 143 cm³/mol. The number of aromatic nitrogens is 2. The zero-order valence-electron chi connectivity index (χ0n) is 21.2. The summed E-state index contributed by atoms with van der Waals surface area (Å²) in [6.45, 7) is 9.14. The zero-order chi connectivity index (χ0) is 25.4. The van der Waals surface area contributed by atoms with Crippen LogP contribution in [-0.2, 0) is 4.74 Å². The summed E-state index contributed by atoms with van der Waals surface area (Å²) >= 11 is 1.69. The van der Waals surface area contributed by atoms with Crippen LogP contribution < -0.4 is 15.5 Å². The number of hydrogen-bond donors (Lipinski definition) is 2. The molecule has 1 unspecified atom stereocenters. The maximum Gasteiger partial charge on any atom is 0.407 e. The number of nitrogens with one attached hydrogen (secondary N) is 2. The fraction of sp³-hybridized carbons (Fsp3) is 0.481. The molecule has 1 aliphatic heterocycles. The van der Waals surface area contributed by atoms with Crippen molar-refractivity contribution >= 4 is 44.9 Å². The minimum atomic E-state index is -0.550. The SMILES string of the molecule is C[C@@H]1CC(NC(=O)OC(C)(C)C)CN(c2ccncc2NC(=O)c2ccc3scc(C4CC4)c3n2)C1. The van der Waals surface area contributed by atoms with Crippen LogP contribution in [0.3, 0.4) is 0 Å². The summed E-state index contributed by atoms with van der Waals surface area (Å²) in [5, 5.41) is 8.22. The molecule has 190 valence electrons. The number of thiophene rings is 1. The molecular weight excluding hydrogens is 474 g/mol. The van der Waals surface area contributed by atoms with E-state index >= 15 is 0 Å². The van der Waals surface area contributed by atoms with Crippen molar-refractivity contribution in [3.05, 3.63) is 47.2 Å². The van der Waals surface area contributed by atoms with Crippen LogP contribution in [0.4, 0.5) is 16.2 Å². The van der Waals surface area contributed by atoms with Crippen LogP contribution in [0.1, 0.15) is 68.9 Å². The van der Waals surface area contributed by atoms with Gasteiger partial charge >= 0.3 is 6.09 Å². The Balaban J connectivity index is 1.32. The van der Waals surface area contributed by atoms with Gasteiger partial charge in [0, 0.05) is 25.3 Å². The van der Waals surface area contributed by atoms with E-state index in [4.69, 9.17) is 9.72 Å². The molecule has 1 aliphatic carbocycles. The van der Waals surface area contributed by atoms with E-state index < -0.39 is 11.7 Å². The smallest absolute Gasteiger partial charge is 0.407 e. The standard InChI is InChI=1S/C27H33N5O3S/c1-16-11-18(29-26(34)35-27(2,3)4)14-32(13-16)22-9-10-28-12-21(22)31-25(33)20-7-8-23-24(30-20)19(15-36-23)17-5-6-17/h7-10,12,15-18H,5-6,11,13-14H2,1-4H3,(H,29,34)(H,31,33)/t16-,18?/m1/s1. The van der Waals surface area contributed by atoms with Gasteiger partial charge in [0.1, 0.15) is 11.3 Å². The monoisotopic (exact) mass is 507 g/mol. The molecule has 2 N–H and O–H groups in total. The van der Waals surface area contributed by atoms with Crippen LogP contribution in [0.15, 0.2) is 36.0 Å². The largest absolute Gasteiger partial charge is 0.444 e. The number of hydrogen-bond acceptors (Lipinski definition) is 7. The maximum absolute atomic E-state index is 13.2. The Morgan fingerprint density at radius 1 is 1.17 bits per heavy atom. The average Bonchev–Trinajstić information content (AvgIpc) is 3.56. The van der Waals surface area contributed by atoms with Gasteiger partial charge in [-0.3, -0.25) is 9.78 Å². The second-order valence-corrected chi connectivity index (χ2v) is 11.9. The fourth-order valence-corrected chi connectivity index (χ4v) is 5.79. The molecule has 0 radical (unpaired) electrons. The molecule has 8 nitrogen and oxygen atoms in total. The van der Waals surface area contributed by atoms with Gasteiger partial charge in [-0.2, -0.15) is 0 Å². The number of carbonyl (C=O) groups is 2. The number of piperidine rings is 1. The van der Waals surface area contributed by atoms with Crippen molar-refractivity contribution in [1.29, 1.82) is 0 Å². The Kier molecular flexibility index (Phi) is 6.59. The van der Waals surface area contributed by atoms with Gasteiger partial charge in [-0.1, -0.05) is 6.92 Å². The van der Waals surface area contributed by atoms with Gasteiger partial charge in [0.05, 0.1) is 27.8 Å². The van der Waals surface area contributed by atoms with E-state index in [0.29, 0.717) is 29.8 Å². The Morgan fingerprint density at radius 3 is 2.72 bits per heavy atom. The molecule has 2 atom stereocenters. The normalized spacial score (nSPS) is 20.3. The molecule has 5 rings (SSSR count). The number of ether oxygens (including phenoxy) is 1. The maximum atomic E-state index is 13.2. The number of carbonyl (C=O) groups excluding carboxylic acids is 2. The summed E-state index contributed by atoms with van der Waals surface area (Å²) in [5.74, 6) is 0.671. The minimum absolute atomic E-state index is 0.0659. The molecule has 0 bridgehead atoms. The molecule has 1 saturated carbocycles. The zero-order valence-corrected chi connectivity index (χ0v) is 22.0. The molecule has 4 heterocycles. The first-order valence-corrected chi connectivity index (χ1v) is 13.4. The quantitative estimate of drug-likeness (QED) is 0.469. The molecule has 36 heavy (non-hydrogen) atoms. The summed E-state index contributed by atoms with van der Waals surface area (Å²) in [4.78, 5) is 36.8. The molecule has 2 amide bonds. The van der Waals surface area contributed by atoms with Gasteiger partial charge in [0.2, 0.25) is 0 Å². The Morgan fingerprint density at radius 2 is 1.97 bits per heavy atom. The summed E-state index contributed by atoms with van der Waals surface area (Å²) < 4.78 is 6.56. The van der Waals surface area contributed by atoms with E-state index in [9.17, 15) is 9.59 Å². The number of amides is 2. The third-order valence-electron chi connectivity index (χ3n) is 6.46. The number of pyridine rings is 2. The summed E-state index contributed by atoms with van der Waals surface area (Å²) in [6, 6.07) is 5.60. The van der Waals surface area contributed by atoms with Gasteiger partial charge in [-0.05, 0) is 81.0 Å². The summed E-state index contributed by atoms with van der Waals surface area (Å²) in [7, 11) is 0. The number of rotatable bonds is 5. The lowest BCUT2D eigenvalue weighted by atomic mass is 9.95. The second-order valence-electron chi connectivity index (χ2n) is 10.9. The molecule has 0 aromatic carbocycles. The second kappa shape index (κ2) is 9.69. The Bertz CT molecular complexity index is 1280. The van der Waals surface area contributed by atoms with Crippen LogP contribution in [0.2, 0.25) is 0 Å². The highest BCUT2D eigenvalue weighted by molar-refractivity contribution is 7.17. The van der Waals surface area contributed by atoms with E-state index in [1.165, 1.54) is 18.4 Å². The lowest BCUT2D eigenvalue weighted by Crippen LogP contribution is -2.51. The van der Waals surface area contributed by atoms with Crippen LogP contribution in [0.25, 0.3) is 10.2 Å². The molecule has 2 aliphatic rings. The van der Waals surface area contributed by atoms with Crippen LogP contribution >= 0.6 is 11.3 Å². The Labute approximate surface area is 215 Å². The highest BCUT2D eigenvalue weighted by Gasteiger charge is 2.30. The summed E-state index contributed by atoms with van der Waals surface area (Å²) in [6.07, 6.45) is 6.23. The molecule has 3 aromatic rings. The van der Waals surface area contributed by atoms with E-state index in [1.807, 2.05) is 32.9 Å². The minimum Gasteiger partial charge on any atom is -0.444 e. The molecular formula is C27H33N5O3S. The highest BCUT2D eigenvalue weighted by atomic mass is 32.1. The van der Waals surface area contributed by atoms with Crippen molar-refractivity contribution < 1.29 is 14.3 Å². The predicted octanol–water partition coefficient (Wildman–Crippen LogP) is 5.56. The first-order valence-electron chi connectivity index (χ1n) is 12.5. The van der Waals surface area contributed by atoms with Gasteiger partial charge in [0.15, 0.2) is 0 Å². The van der Waals surface area contributed by atoms with E-state index in [-0.39, 0.29) is 11.9 Å². The summed E-state index contributed by atoms with van der Waals surface area (Å²) in [5.41, 5.74) is 3.55. The third kappa shape index (κ3) is 5.61. The van der Waals surface area contributed by atoms with Gasteiger partial charge in [-0.25, -0.2) is 9.78 Å². The molecule has 1 saturated heterocycles. The lowest BCUT2D eigenvalue weighted by Gasteiger charge is -2.39. The number of anilines is 2. The fourth-order valence-electron chi connectivity index (χ4n) is 4.81. The van der Waals surface area contributed by atoms with Crippen molar-refractivity contribution in [2.24, 2.45) is 5.92 Å². The topological polar surface area (TPSA) is 96.5 Å².